The van der Waals surface area contributed by atoms with Gasteiger partial charge in [-0.25, -0.2) is 0 Å². The van der Waals surface area contributed by atoms with Crippen LogP contribution in [0.5, 0.6) is 0 Å². The Labute approximate surface area is 175 Å². The van der Waals surface area contributed by atoms with Crippen molar-refractivity contribution in [2.24, 2.45) is 12.8 Å². The van der Waals surface area contributed by atoms with E-state index in [4.69, 9.17) is 5.73 Å². The summed E-state index contributed by atoms with van der Waals surface area (Å²) in [7, 11) is 1.84. The molecule has 0 spiro atoms. The Morgan fingerprint density at radius 2 is 1.90 bits per heavy atom. The standard InChI is InChI=1S/C21H29N5O2S/c1-26-18(11-10-17(22)27)24-25-20(26)29-14-19(28)23-15-21(12-6-3-7-13-21)16-8-4-2-5-9-16/h2,4-5,8-9H,3,6-7,10-15H2,1H3,(H2,22,27)(H,23,28). The van der Waals surface area contributed by atoms with Crippen LogP contribution in [0.3, 0.4) is 0 Å². The highest BCUT2D eigenvalue weighted by molar-refractivity contribution is 7.99. The highest BCUT2D eigenvalue weighted by Gasteiger charge is 2.34. The number of nitrogens with two attached hydrogens (primary N) is 1. The lowest BCUT2D eigenvalue weighted by atomic mass is 9.69. The van der Waals surface area contributed by atoms with E-state index in [2.05, 4.69) is 39.8 Å². The van der Waals surface area contributed by atoms with Crippen LogP contribution in [0.15, 0.2) is 35.5 Å². The molecule has 0 aliphatic heterocycles. The molecule has 2 amide bonds. The maximum atomic E-state index is 12.5. The van der Waals surface area contributed by atoms with Gasteiger partial charge in [-0.2, -0.15) is 0 Å². The molecule has 0 saturated heterocycles. The molecule has 0 atom stereocenters. The number of hydrogen-bond acceptors (Lipinski definition) is 5. The summed E-state index contributed by atoms with van der Waals surface area (Å²) in [4.78, 5) is 23.5. The lowest BCUT2D eigenvalue weighted by Gasteiger charge is -2.38. The molecule has 7 nitrogen and oxygen atoms in total. The van der Waals surface area contributed by atoms with Gasteiger partial charge in [0, 0.05) is 31.8 Å². The van der Waals surface area contributed by atoms with Gasteiger partial charge in [-0.15, -0.1) is 10.2 Å². The Hall–Kier alpha value is -2.35. The predicted molar refractivity (Wildman–Crippen MR) is 113 cm³/mol. The van der Waals surface area contributed by atoms with E-state index in [1.165, 1.54) is 36.6 Å². The van der Waals surface area contributed by atoms with E-state index in [0.29, 0.717) is 23.9 Å². The molecule has 0 radical (unpaired) electrons. The van der Waals surface area contributed by atoms with E-state index in [1.807, 2.05) is 17.7 Å². The fourth-order valence-corrected chi connectivity index (χ4v) is 4.72. The maximum Gasteiger partial charge on any atom is 0.230 e. The minimum absolute atomic E-state index is 0.00225. The third-order valence-corrected chi connectivity index (χ3v) is 6.69. The van der Waals surface area contributed by atoms with Gasteiger partial charge in [0.2, 0.25) is 11.8 Å². The molecular formula is C21H29N5O2S. The summed E-state index contributed by atoms with van der Waals surface area (Å²) < 4.78 is 1.81. The van der Waals surface area contributed by atoms with E-state index in [9.17, 15) is 9.59 Å². The Morgan fingerprint density at radius 1 is 1.17 bits per heavy atom. The summed E-state index contributed by atoms with van der Waals surface area (Å²) in [6.07, 6.45) is 6.57. The van der Waals surface area contributed by atoms with Crippen LogP contribution in [-0.4, -0.2) is 38.9 Å². The number of rotatable bonds is 9. The number of nitrogens with zero attached hydrogens (tertiary/aromatic N) is 3. The number of hydrogen-bond donors (Lipinski definition) is 2. The molecule has 0 unspecified atom stereocenters. The first-order valence-corrected chi connectivity index (χ1v) is 11.1. The summed E-state index contributed by atoms with van der Waals surface area (Å²) in [5, 5.41) is 12.0. The zero-order valence-corrected chi connectivity index (χ0v) is 17.7. The van der Waals surface area contributed by atoms with Gasteiger partial charge >= 0.3 is 0 Å². The van der Waals surface area contributed by atoms with Gasteiger partial charge in [0.1, 0.15) is 5.82 Å². The van der Waals surface area contributed by atoms with Crippen molar-refractivity contribution in [2.45, 2.75) is 55.5 Å². The summed E-state index contributed by atoms with van der Waals surface area (Å²) in [6.45, 7) is 0.666. The van der Waals surface area contributed by atoms with Crippen molar-refractivity contribution >= 4 is 23.6 Å². The van der Waals surface area contributed by atoms with E-state index < -0.39 is 0 Å². The third-order valence-electron chi connectivity index (χ3n) is 5.67. The highest BCUT2D eigenvalue weighted by Crippen LogP contribution is 2.38. The number of benzene rings is 1. The van der Waals surface area contributed by atoms with Gasteiger partial charge in [-0.05, 0) is 18.4 Å². The first-order chi connectivity index (χ1) is 14.0. The average Bonchev–Trinajstić information content (AvgIpc) is 3.10. The van der Waals surface area contributed by atoms with E-state index in [1.54, 1.807) is 0 Å². The molecule has 0 bridgehead atoms. The third kappa shape index (κ3) is 5.59. The molecule has 1 heterocycles. The molecule has 8 heteroatoms. The molecule has 29 heavy (non-hydrogen) atoms. The summed E-state index contributed by atoms with van der Waals surface area (Å²) in [5.41, 5.74) is 6.54. The highest BCUT2D eigenvalue weighted by atomic mass is 32.2. The first kappa shape index (κ1) is 21.4. The Balaban J connectivity index is 1.54. The van der Waals surface area contributed by atoms with E-state index in [0.717, 1.165) is 12.8 Å². The molecule has 1 fully saturated rings. The van der Waals surface area contributed by atoms with Gasteiger partial charge in [0.05, 0.1) is 5.75 Å². The van der Waals surface area contributed by atoms with Crippen molar-refractivity contribution in [2.75, 3.05) is 12.3 Å². The smallest absolute Gasteiger partial charge is 0.230 e. The van der Waals surface area contributed by atoms with Crippen LogP contribution in [0.2, 0.25) is 0 Å². The van der Waals surface area contributed by atoms with Crippen LogP contribution in [0, 0.1) is 0 Å². The zero-order chi connectivity index (χ0) is 20.7. The molecule has 3 rings (SSSR count). The van der Waals surface area contributed by atoms with Crippen molar-refractivity contribution in [1.29, 1.82) is 0 Å². The number of aromatic nitrogens is 3. The van der Waals surface area contributed by atoms with Crippen LogP contribution in [0.1, 0.15) is 49.9 Å². The van der Waals surface area contributed by atoms with Crippen molar-refractivity contribution in [3.05, 3.63) is 41.7 Å². The fraction of sp³-hybridized carbons (Fsp3) is 0.524. The van der Waals surface area contributed by atoms with Crippen LogP contribution >= 0.6 is 11.8 Å². The first-order valence-electron chi connectivity index (χ1n) is 10.1. The normalized spacial score (nSPS) is 15.8. The zero-order valence-electron chi connectivity index (χ0n) is 16.9. The summed E-state index contributed by atoms with van der Waals surface area (Å²) in [5.74, 6) is 0.610. The number of nitrogens with one attached hydrogen (secondary N) is 1. The van der Waals surface area contributed by atoms with Gasteiger partial charge in [0.15, 0.2) is 5.16 Å². The van der Waals surface area contributed by atoms with Crippen molar-refractivity contribution in [3.8, 4) is 0 Å². The van der Waals surface area contributed by atoms with Gasteiger partial charge < -0.3 is 15.6 Å². The largest absolute Gasteiger partial charge is 0.370 e. The Kier molecular flexibility index (Phi) is 7.30. The van der Waals surface area contributed by atoms with E-state index >= 15 is 0 Å². The molecule has 1 aromatic carbocycles. The second kappa shape index (κ2) is 9.91. The van der Waals surface area contributed by atoms with Crippen LogP contribution < -0.4 is 11.1 Å². The molecule has 1 aliphatic rings. The number of carbonyl (C=O) groups excluding carboxylic acids is 2. The summed E-state index contributed by atoms with van der Waals surface area (Å²) in [6, 6.07) is 10.5. The number of thioether (sulfide) groups is 1. The minimum Gasteiger partial charge on any atom is -0.370 e. The predicted octanol–water partition coefficient (Wildman–Crippen LogP) is 2.34. The molecule has 1 aromatic heterocycles. The minimum atomic E-state index is -0.364. The number of primary amides is 1. The maximum absolute atomic E-state index is 12.5. The Bertz CT molecular complexity index is 831. The van der Waals surface area contributed by atoms with Crippen molar-refractivity contribution in [1.82, 2.24) is 20.1 Å². The number of carbonyl (C=O) groups is 2. The molecule has 156 valence electrons. The lowest BCUT2D eigenvalue weighted by molar-refractivity contribution is -0.119. The van der Waals surface area contributed by atoms with Gasteiger partial charge in [-0.3, -0.25) is 9.59 Å². The monoisotopic (exact) mass is 415 g/mol. The molecule has 2 aromatic rings. The lowest BCUT2D eigenvalue weighted by Crippen LogP contribution is -2.42. The van der Waals surface area contributed by atoms with Crippen molar-refractivity contribution < 1.29 is 9.59 Å². The summed E-state index contributed by atoms with van der Waals surface area (Å²) >= 11 is 1.35. The second-order valence-electron chi connectivity index (χ2n) is 7.70. The second-order valence-corrected chi connectivity index (χ2v) is 8.64. The average molecular weight is 416 g/mol. The molecule has 1 saturated carbocycles. The van der Waals surface area contributed by atoms with Crippen LogP contribution in [0.25, 0.3) is 0 Å². The van der Waals surface area contributed by atoms with Crippen LogP contribution in [0.4, 0.5) is 0 Å². The Morgan fingerprint density at radius 3 is 2.59 bits per heavy atom. The number of amides is 2. The van der Waals surface area contributed by atoms with Crippen LogP contribution in [-0.2, 0) is 28.5 Å². The molecule has 1 aliphatic carbocycles. The van der Waals surface area contributed by atoms with Gasteiger partial charge in [-0.1, -0.05) is 61.4 Å². The SMILES string of the molecule is Cn1c(CCC(N)=O)nnc1SCC(=O)NCC1(c2ccccc2)CCCCC1. The topological polar surface area (TPSA) is 103 Å². The van der Waals surface area contributed by atoms with Gasteiger partial charge in [0.25, 0.3) is 0 Å². The number of aryl methyl sites for hydroxylation is 1. The molecule has 3 N–H and O–H groups in total. The van der Waals surface area contributed by atoms with E-state index in [-0.39, 0.29) is 29.4 Å². The molecular weight excluding hydrogens is 386 g/mol. The fourth-order valence-electron chi connectivity index (χ4n) is 3.96. The van der Waals surface area contributed by atoms with Crippen molar-refractivity contribution in [3.63, 3.8) is 0 Å². The quantitative estimate of drug-likeness (QED) is 0.612.